The number of alkyl halides is 3. The molecule has 82 valence electrons. The average molecular weight is 348 g/mol. The number of carboxylic acid groups (broad SMARTS) is 1. The minimum Gasteiger partial charge on any atom is -0.478 e. The Kier molecular flexibility index (Phi) is 3.44. The molecule has 0 saturated carbocycles. The molecular weight excluding hydrogens is 345 g/mol. The molecule has 1 aromatic rings. The van der Waals surface area contributed by atoms with Gasteiger partial charge in [-0.1, -0.05) is 0 Å². The highest BCUT2D eigenvalue weighted by Gasteiger charge is 2.38. The Morgan fingerprint density at radius 2 is 1.80 bits per heavy atom. The standard InChI is InChI=1S/C8H3Br2F3O2/c9-4-2-1-3(7(14)15)5(6(4)10)8(11,12)13/h1-2H,(H,14,15). The molecule has 7 heteroatoms. The molecule has 15 heavy (non-hydrogen) atoms. The van der Waals surface area contributed by atoms with Crippen molar-refractivity contribution in [2.45, 2.75) is 6.18 Å². The SMILES string of the molecule is O=C(O)c1ccc(Br)c(Br)c1C(F)(F)F. The number of carbonyl (C=O) groups is 1. The highest BCUT2D eigenvalue weighted by Crippen LogP contribution is 2.40. The van der Waals surface area contributed by atoms with E-state index in [0.717, 1.165) is 6.07 Å². The van der Waals surface area contributed by atoms with E-state index in [1.807, 2.05) is 0 Å². The second kappa shape index (κ2) is 4.13. The molecule has 0 fully saturated rings. The largest absolute Gasteiger partial charge is 0.478 e. The van der Waals surface area contributed by atoms with Crippen molar-refractivity contribution < 1.29 is 23.1 Å². The molecule has 0 amide bonds. The quantitative estimate of drug-likeness (QED) is 0.835. The van der Waals surface area contributed by atoms with E-state index in [4.69, 9.17) is 5.11 Å². The summed E-state index contributed by atoms with van der Waals surface area (Å²) in [5, 5.41) is 8.61. The van der Waals surface area contributed by atoms with Crippen LogP contribution in [-0.4, -0.2) is 11.1 Å². The summed E-state index contributed by atoms with van der Waals surface area (Å²) in [6.45, 7) is 0. The number of rotatable bonds is 1. The van der Waals surface area contributed by atoms with E-state index in [2.05, 4.69) is 31.9 Å². The number of benzene rings is 1. The van der Waals surface area contributed by atoms with Gasteiger partial charge in [-0.15, -0.1) is 0 Å². The predicted molar refractivity (Wildman–Crippen MR) is 53.8 cm³/mol. The molecule has 0 heterocycles. The van der Waals surface area contributed by atoms with Gasteiger partial charge in [-0.3, -0.25) is 0 Å². The van der Waals surface area contributed by atoms with Crippen LogP contribution in [0.25, 0.3) is 0 Å². The van der Waals surface area contributed by atoms with Gasteiger partial charge in [0, 0.05) is 8.95 Å². The lowest BCUT2D eigenvalue weighted by Gasteiger charge is -2.13. The van der Waals surface area contributed by atoms with E-state index in [-0.39, 0.29) is 8.95 Å². The fraction of sp³-hybridized carbons (Fsp3) is 0.125. The first-order valence-electron chi connectivity index (χ1n) is 3.53. The summed E-state index contributed by atoms with van der Waals surface area (Å²) >= 11 is 5.59. The van der Waals surface area contributed by atoms with Crippen LogP contribution in [0, 0.1) is 0 Å². The maximum Gasteiger partial charge on any atom is 0.418 e. The van der Waals surface area contributed by atoms with Crippen LogP contribution in [0.1, 0.15) is 15.9 Å². The van der Waals surface area contributed by atoms with E-state index in [1.54, 1.807) is 0 Å². The van der Waals surface area contributed by atoms with Crippen molar-refractivity contribution in [1.29, 1.82) is 0 Å². The van der Waals surface area contributed by atoms with E-state index in [0.29, 0.717) is 0 Å². The van der Waals surface area contributed by atoms with Crippen molar-refractivity contribution in [3.05, 3.63) is 32.2 Å². The van der Waals surface area contributed by atoms with Crippen molar-refractivity contribution >= 4 is 37.8 Å². The molecule has 0 aliphatic carbocycles. The topological polar surface area (TPSA) is 37.3 Å². The summed E-state index contributed by atoms with van der Waals surface area (Å²) in [5.41, 5.74) is -1.97. The molecule has 0 unspecified atom stereocenters. The van der Waals surface area contributed by atoms with E-state index in [9.17, 15) is 18.0 Å². The number of hydrogen-bond acceptors (Lipinski definition) is 1. The fourth-order valence-corrected chi connectivity index (χ4v) is 1.91. The monoisotopic (exact) mass is 346 g/mol. The smallest absolute Gasteiger partial charge is 0.418 e. The molecule has 0 saturated heterocycles. The number of aromatic carboxylic acids is 1. The Labute approximate surface area is 99.3 Å². The maximum atomic E-state index is 12.5. The molecule has 0 bridgehead atoms. The maximum absolute atomic E-state index is 12.5. The molecule has 1 rings (SSSR count). The van der Waals surface area contributed by atoms with E-state index < -0.39 is 23.3 Å². The van der Waals surface area contributed by atoms with Crippen molar-refractivity contribution in [3.8, 4) is 0 Å². The van der Waals surface area contributed by atoms with Gasteiger partial charge in [0.2, 0.25) is 0 Å². The second-order valence-electron chi connectivity index (χ2n) is 2.59. The zero-order valence-electron chi connectivity index (χ0n) is 6.90. The van der Waals surface area contributed by atoms with Crippen LogP contribution < -0.4 is 0 Å². The van der Waals surface area contributed by atoms with Gasteiger partial charge in [0.1, 0.15) is 0 Å². The first-order valence-corrected chi connectivity index (χ1v) is 5.12. The van der Waals surface area contributed by atoms with Crippen LogP contribution in [-0.2, 0) is 6.18 Å². The second-order valence-corrected chi connectivity index (χ2v) is 4.23. The summed E-state index contributed by atoms with van der Waals surface area (Å²) < 4.78 is 37.4. The van der Waals surface area contributed by atoms with Gasteiger partial charge < -0.3 is 5.11 Å². The van der Waals surface area contributed by atoms with Crippen LogP contribution in [0.4, 0.5) is 13.2 Å². The van der Waals surface area contributed by atoms with E-state index >= 15 is 0 Å². The minimum absolute atomic E-state index is 0.153. The highest BCUT2D eigenvalue weighted by atomic mass is 79.9. The normalized spacial score (nSPS) is 11.5. The zero-order chi connectivity index (χ0) is 11.8. The third kappa shape index (κ3) is 2.52. The summed E-state index contributed by atoms with van der Waals surface area (Å²) in [6.07, 6.45) is -4.71. The molecule has 1 aromatic carbocycles. The van der Waals surface area contributed by atoms with Crippen molar-refractivity contribution in [3.63, 3.8) is 0 Å². The lowest BCUT2D eigenvalue weighted by atomic mass is 10.1. The lowest BCUT2D eigenvalue weighted by molar-refractivity contribution is -0.138. The van der Waals surface area contributed by atoms with Crippen molar-refractivity contribution in [2.24, 2.45) is 0 Å². The Hall–Kier alpha value is -0.560. The zero-order valence-corrected chi connectivity index (χ0v) is 10.1. The van der Waals surface area contributed by atoms with Crippen LogP contribution in [0.15, 0.2) is 21.1 Å². The van der Waals surface area contributed by atoms with E-state index in [1.165, 1.54) is 6.07 Å². The summed E-state index contributed by atoms with van der Waals surface area (Å²) in [6, 6.07) is 2.14. The molecular formula is C8H3Br2F3O2. The van der Waals surface area contributed by atoms with Crippen LogP contribution in [0.3, 0.4) is 0 Å². The lowest BCUT2D eigenvalue weighted by Crippen LogP contribution is -2.14. The van der Waals surface area contributed by atoms with Crippen molar-refractivity contribution in [2.75, 3.05) is 0 Å². The van der Waals surface area contributed by atoms with Gasteiger partial charge in [-0.05, 0) is 44.0 Å². The van der Waals surface area contributed by atoms with Gasteiger partial charge >= 0.3 is 12.1 Å². The summed E-state index contributed by atoms with van der Waals surface area (Å²) in [7, 11) is 0. The molecule has 0 aliphatic heterocycles. The minimum atomic E-state index is -4.71. The van der Waals surface area contributed by atoms with Crippen molar-refractivity contribution in [1.82, 2.24) is 0 Å². The molecule has 1 N–H and O–H groups in total. The molecule has 0 radical (unpaired) electrons. The molecule has 0 spiro atoms. The number of halogens is 5. The van der Waals surface area contributed by atoms with Gasteiger partial charge in [-0.2, -0.15) is 13.2 Å². The van der Waals surface area contributed by atoms with Gasteiger partial charge in [0.05, 0.1) is 11.1 Å². The van der Waals surface area contributed by atoms with Gasteiger partial charge in [-0.25, -0.2) is 4.79 Å². The molecule has 0 aromatic heterocycles. The summed E-state index contributed by atoms with van der Waals surface area (Å²) in [4.78, 5) is 10.6. The molecule has 2 nitrogen and oxygen atoms in total. The van der Waals surface area contributed by atoms with Crippen LogP contribution >= 0.6 is 31.9 Å². The predicted octanol–water partition coefficient (Wildman–Crippen LogP) is 3.93. The Balaban J connectivity index is 3.57. The first-order chi connectivity index (χ1) is 6.75. The number of hydrogen-bond donors (Lipinski definition) is 1. The Bertz CT molecular complexity index is 415. The Morgan fingerprint density at radius 1 is 1.27 bits per heavy atom. The fourth-order valence-electron chi connectivity index (χ4n) is 1.01. The summed E-state index contributed by atoms with van der Waals surface area (Å²) in [5.74, 6) is -1.62. The Morgan fingerprint density at radius 3 is 2.20 bits per heavy atom. The third-order valence-electron chi connectivity index (χ3n) is 1.61. The third-order valence-corrected chi connectivity index (χ3v) is 3.63. The van der Waals surface area contributed by atoms with Gasteiger partial charge in [0.25, 0.3) is 0 Å². The van der Waals surface area contributed by atoms with Crippen LogP contribution in [0.2, 0.25) is 0 Å². The number of carboxylic acids is 1. The van der Waals surface area contributed by atoms with Crippen LogP contribution in [0.5, 0.6) is 0 Å². The average Bonchev–Trinajstić information content (AvgIpc) is 2.06. The highest BCUT2D eigenvalue weighted by molar-refractivity contribution is 9.13. The first kappa shape index (κ1) is 12.5. The molecule has 0 aliphatic rings. The molecule has 0 atom stereocenters. The van der Waals surface area contributed by atoms with Gasteiger partial charge in [0.15, 0.2) is 0 Å².